The second-order valence-electron chi connectivity index (χ2n) is 6.32. The van der Waals surface area contributed by atoms with Gasteiger partial charge < -0.3 is 10.1 Å². The van der Waals surface area contributed by atoms with E-state index in [2.05, 4.69) is 15.6 Å². The minimum Gasteiger partial charge on any atom is -0.381 e. The van der Waals surface area contributed by atoms with Crippen LogP contribution in [0, 0.1) is 0 Å². The number of nitrogens with one attached hydrogen (secondary N) is 2. The molecular weight excluding hydrogens is 379 g/mol. The molecule has 2 N–H and O–H groups in total. The highest BCUT2D eigenvalue weighted by Crippen LogP contribution is 2.32. The van der Waals surface area contributed by atoms with E-state index < -0.39 is 18.6 Å². The average Bonchev–Trinajstić information content (AvgIpc) is 3.09. The zero-order valence-corrected chi connectivity index (χ0v) is 15.3. The molecule has 1 aromatic carbocycles. The standard InChI is InChI=1S/C18H20F3N3O2S/c19-18(20,21)9-13-3-1-2-4-14(13)10-22-16(25)24-17-23-11-15(27-17)12-5-7-26-8-6-12/h1-4,11-12H,5-10H2,(H2,22,23,24,25). The van der Waals surface area contributed by atoms with E-state index in [1.807, 2.05) is 0 Å². The lowest BCUT2D eigenvalue weighted by Gasteiger charge is -2.20. The van der Waals surface area contributed by atoms with Crippen LogP contribution in [-0.4, -0.2) is 30.4 Å². The highest BCUT2D eigenvalue weighted by Gasteiger charge is 2.28. The number of anilines is 1. The smallest absolute Gasteiger partial charge is 0.381 e. The van der Waals surface area contributed by atoms with Gasteiger partial charge in [-0.3, -0.25) is 5.32 Å². The first-order valence-corrected chi connectivity index (χ1v) is 9.44. The lowest BCUT2D eigenvalue weighted by molar-refractivity contribution is -0.127. The maximum Gasteiger partial charge on any atom is 0.393 e. The van der Waals surface area contributed by atoms with E-state index in [1.54, 1.807) is 24.4 Å². The Hall–Kier alpha value is -2.13. The molecule has 0 unspecified atom stereocenters. The molecule has 0 aliphatic carbocycles. The zero-order chi connectivity index (χ0) is 19.3. The third-order valence-corrected chi connectivity index (χ3v) is 5.39. The van der Waals surface area contributed by atoms with Gasteiger partial charge in [0.15, 0.2) is 5.13 Å². The van der Waals surface area contributed by atoms with Crippen molar-refractivity contribution in [2.45, 2.75) is 37.9 Å². The van der Waals surface area contributed by atoms with E-state index in [0.29, 0.717) is 16.6 Å². The van der Waals surface area contributed by atoms with Gasteiger partial charge in [-0.1, -0.05) is 24.3 Å². The molecule has 9 heteroatoms. The number of hydrogen-bond donors (Lipinski definition) is 2. The fourth-order valence-corrected chi connectivity index (χ4v) is 3.93. The minimum absolute atomic E-state index is 0.0102. The summed E-state index contributed by atoms with van der Waals surface area (Å²) in [6, 6.07) is 5.70. The molecule has 0 saturated carbocycles. The van der Waals surface area contributed by atoms with E-state index >= 15 is 0 Å². The Balaban J connectivity index is 1.54. The summed E-state index contributed by atoms with van der Waals surface area (Å²) in [5.41, 5.74) is 0.591. The summed E-state index contributed by atoms with van der Waals surface area (Å²) in [5, 5.41) is 5.70. The molecule has 3 rings (SSSR count). The Morgan fingerprint density at radius 2 is 1.93 bits per heavy atom. The monoisotopic (exact) mass is 399 g/mol. The number of halogens is 3. The molecule has 27 heavy (non-hydrogen) atoms. The van der Waals surface area contributed by atoms with Gasteiger partial charge in [0.05, 0.1) is 6.42 Å². The number of carbonyl (C=O) groups is 1. The van der Waals surface area contributed by atoms with Gasteiger partial charge in [-0.05, 0) is 29.9 Å². The van der Waals surface area contributed by atoms with Crippen molar-refractivity contribution in [3.63, 3.8) is 0 Å². The van der Waals surface area contributed by atoms with E-state index in [9.17, 15) is 18.0 Å². The summed E-state index contributed by atoms with van der Waals surface area (Å²) < 4.78 is 43.3. The van der Waals surface area contributed by atoms with Crippen LogP contribution in [0.15, 0.2) is 30.5 Å². The Labute approximate surface area is 158 Å². The molecule has 1 aliphatic heterocycles. The average molecular weight is 399 g/mol. The predicted octanol–water partition coefficient (Wildman–Crippen LogP) is 4.46. The molecule has 1 saturated heterocycles. The molecule has 2 heterocycles. The largest absolute Gasteiger partial charge is 0.393 e. The van der Waals surface area contributed by atoms with Crippen molar-refractivity contribution in [2.24, 2.45) is 0 Å². The SMILES string of the molecule is O=C(NCc1ccccc1CC(F)(F)F)Nc1ncc(C2CCOCC2)s1. The molecule has 5 nitrogen and oxygen atoms in total. The van der Waals surface area contributed by atoms with E-state index in [-0.39, 0.29) is 12.1 Å². The Morgan fingerprint density at radius 1 is 1.22 bits per heavy atom. The van der Waals surface area contributed by atoms with Gasteiger partial charge in [-0.25, -0.2) is 9.78 Å². The van der Waals surface area contributed by atoms with Gasteiger partial charge >= 0.3 is 12.2 Å². The van der Waals surface area contributed by atoms with Gasteiger partial charge in [0.25, 0.3) is 0 Å². The number of nitrogens with zero attached hydrogens (tertiary/aromatic N) is 1. The van der Waals surface area contributed by atoms with Gasteiger partial charge in [-0.2, -0.15) is 13.2 Å². The number of thiazole rings is 1. The molecule has 146 valence electrons. The molecule has 0 bridgehead atoms. The fourth-order valence-electron chi connectivity index (χ4n) is 2.95. The number of urea groups is 1. The van der Waals surface area contributed by atoms with Crippen LogP contribution in [0.3, 0.4) is 0 Å². The summed E-state index contributed by atoms with van der Waals surface area (Å²) in [4.78, 5) is 17.4. The third-order valence-electron chi connectivity index (χ3n) is 4.32. The van der Waals surface area contributed by atoms with Crippen molar-refractivity contribution < 1.29 is 22.7 Å². The highest BCUT2D eigenvalue weighted by atomic mass is 32.1. The zero-order valence-electron chi connectivity index (χ0n) is 14.5. The lowest BCUT2D eigenvalue weighted by Crippen LogP contribution is -2.28. The Bertz CT molecular complexity index is 773. The number of ether oxygens (including phenoxy) is 1. The van der Waals surface area contributed by atoms with Crippen LogP contribution in [0.25, 0.3) is 0 Å². The van der Waals surface area contributed by atoms with Gasteiger partial charge in [0.2, 0.25) is 0 Å². The first-order valence-electron chi connectivity index (χ1n) is 8.62. The minimum atomic E-state index is -4.29. The van der Waals surface area contributed by atoms with Crippen LogP contribution in [0.4, 0.5) is 23.1 Å². The van der Waals surface area contributed by atoms with Crippen molar-refractivity contribution in [2.75, 3.05) is 18.5 Å². The quantitative estimate of drug-likeness (QED) is 0.780. The normalized spacial score (nSPS) is 15.5. The van der Waals surface area contributed by atoms with E-state index in [0.717, 1.165) is 30.9 Å². The lowest BCUT2D eigenvalue weighted by atomic mass is 9.99. The van der Waals surface area contributed by atoms with Crippen molar-refractivity contribution in [1.82, 2.24) is 10.3 Å². The van der Waals surface area contributed by atoms with Gasteiger partial charge in [0.1, 0.15) is 0 Å². The van der Waals surface area contributed by atoms with Gasteiger partial charge in [0, 0.05) is 30.8 Å². The summed E-state index contributed by atoms with van der Waals surface area (Å²) in [6.07, 6.45) is -1.68. The molecule has 1 fully saturated rings. The molecule has 2 amide bonds. The number of amides is 2. The van der Waals surface area contributed by atoms with Crippen molar-refractivity contribution >= 4 is 22.5 Å². The molecule has 1 aromatic heterocycles. The number of carbonyl (C=O) groups excluding carboxylic acids is 1. The highest BCUT2D eigenvalue weighted by molar-refractivity contribution is 7.15. The number of rotatable bonds is 5. The predicted molar refractivity (Wildman–Crippen MR) is 97.0 cm³/mol. The number of aromatic nitrogens is 1. The van der Waals surface area contributed by atoms with Crippen LogP contribution >= 0.6 is 11.3 Å². The first kappa shape index (κ1) is 19.6. The second-order valence-corrected chi connectivity index (χ2v) is 7.38. The first-order chi connectivity index (χ1) is 12.9. The third kappa shape index (κ3) is 5.93. The summed E-state index contributed by atoms with van der Waals surface area (Å²) in [5.74, 6) is 0.393. The Kier molecular flexibility index (Phi) is 6.33. The van der Waals surface area contributed by atoms with E-state index in [1.165, 1.54) is 17.4 Å². The maximum absolute atomic E-state index is 12.6. The fraction of sp³-hybridized carbons (Fsp3) is 0.444. The van der Waals surface area contributed by atoms with Crippen molar-refractivity contribution in [1.29, 1.82) is 0 Å². The van der Waals surface area contributed by atoms with Crippen LogP contribution in [0.5, 0.6) is 0 Å². The van der Waals surface area contributed by atoms with Crippen LogP contribution in [0.2, 0.25) is 0 Å². The molecule has 0 spiro atoms. The van der Waals surface area contributed by atoms with Crippen molar-refractivity contribution in [3.05, 3.63) is 46.5 Å². The van der Waals surface area contributed by atoms with Crippen molar-refractivity contribution in [3.8, 4) is 0 Å². The number of hydrogen-bond acceptors (Lipinski definition) is 4. The number of benzene rings is 1. The van der Waals surface area contributed by atoms with E-state index in [4.69, 9.17) is 4.74 Å². The topological polar surface area (TPSA) is 63.2 Å². The molecular formula is C18H20F3N3O2S. The van der Waals surface area contributed by atoms with Gasteiger partial charge in [-0.15, -0.1) is 11.3 Å². The Morgan fingerprint density at radius 3 is 2.63 bits per heavy atom. The molecule has 0 atom stereocenters. The summed E-state index contributed by atoms with van der Waals surface area (Å²) in [7, 11) is 0. The number of alkyl halides is 3. The maximum atomic E-state index is 12.6. The van der Waals surface area contributed by atoms with Crippen LogP contribution < -0.4 is 10.6 Å². The van der Waals surface area contributed by atoms with Crippen LogP contribution in [-0.2, 0) is 17.7 Å². The molecule has 2 aromatic rings. The molecule has 0 radical (unpaired) electrons. The summed E-state index contributed by atoms with van der Waals surface area (Å²) in [6.45, 7) is 1.46. The second kappa shape index (κ2) is 8.71. The van der Waals surface area contributed by atoms with Crippen LogP contribution in [0.1, 0.15) is 34.8 Å². The molecule has 1 aliphatic rings. The summed E-state index contributed by atoms with van der Waals surface area (Å²) >= 11 is 1.41.